The van der Waals surface area contributed by atoms with Gasteiger partial charge in [0, 0.05) is 0 Å². The minimum absolute atomic E-state index is 0.143. The van der Waals surface area contributed by atoms with E-state index in [2.05, 4.69) is 5.32 Å². The fraction of sp³-hybridized carbons (Fsp3) is 0.154. The highest BCUT2D eigenvalue weighted by Gasteiger charge is 2.13. The number of hydrogen-bond donors (Lipinski definition) is 1. The van der Waals surface area contributed by atoms with Gasteiger partial charge in [0.15, 0.2) is 5.76 Å². The van der Waals surface area contributed by atoms with E-state index in [1.54, 1.807) is 23.9 Å². The number of thioether (sulfide) groups is 1. The third-order valence-electron chi connectivity index (χ3n) is 2.35. The lowest BCUT2D eigenvalue weighted by atomic mass is 10.3. The fourth-order valence-electron chi connectivity index (χ4n) is 1.49. The van der Waals surface area contributed by atoms with E-state index in [-0.39, 0.29) is 10.8 Å². The zero-order chi connectivity index (χ0) is 13.8. The van der Waals surface area contributed by atoms with Crippen LogP contribution >= 0.6 is 23.4 Å². The molecular formula is C13H11ClFNO2S. The lowest BCUT2D eigenvalue weighted by molar-refractivity contribution is 0.0995. The molecule has 0 aliphatic rings. The van der Waals surface area contributed by atoms with Crippen LogP contribution < -0.4 is 5.32 Å². The Balaban J connectivity index is 2.11. The van der Waals surface area contributed by atoms with Gasteiger partial charge in [-0.3, -0.25) is 4.79 Å². The van der Waals surface area contributed by atoms with Crippen LogP contribution in [0, 0.1) is 5.82 Å². The first-order valence-electron chi connectivity index (χ1n) is 5.44. The van der Waals surface area contributed by atoms with Gasteiger partial charge in [-0.2, -0.15) is 11.8 Å². The summed E-state index contributed by atoms with van der Waals surface area (Å²) in [6.07, 6.45) is 1.94. The number of hydrogen-bond acceptors (Lipinski definition) is 3. The summed E-state index contributed by atoms with van der Waals surface area (Å²) in [4.78, 5) is 11.9. The molecule has 0 unspecified atom stereocenters. The number of halogens is 2. The average Bonchev–Trinajstić information content (AvgIpc) is 2.82. The number of nitrogens with one attached hydrogen (secondary N) is 1. The molecule has 0 atom stereocenters. The standard InChI is InChI=1S/C13H11ClFNO2S/c1-19-7-9-3-5-12(18-9)13(17)16-11-4-2-8(15)6-10(11)14/h2-6H,7H2,1H3,(H,16,17). The van der Waals surface area contributed by atoms with Crippen LogP contribution in [0.3, 0.4) is 0 Å². The second kappa shape index (κ2) is 6.12. The zero-order valence-electron chi connectivity index (χ0n) is 10.1. The van der Waals surface area contributed by atoms with E-state index < -0.39 is 11.7 Å². The molecule has 0 radical (unpaired) electrons. The Bertz CT molecular complexity index is 600. The first-order valence-corrected chi connectivity index (χ1v) is 7.21. The van der Waals surface area contributed by atoms with E-state index in [0.717, 1.165) is 11.8 Å². The second-order valence-corrected chi connectivity index (χ2v) is 5.05. The van der Waals surface area contributed by atoms with Crippen LogP contribution in [0.1, 0.15) is 16.3 Å². The summed E-state index contributed by atoms with van der Waals surface area (Å²) in [5.74, 6) is 0.751. The van der Waals surface area contributed by atoms with Crippen LogP contribution in [0.2, 0.25) is 5.02 Å². The third kappa shape index (κ3) is 3.52. The van der Waals surface area contributed by atoms with Gasteiger partial charge in [-0.05, 0) is 36.6 Å². The Hall–Kier alpha value is -1.46. The summed E-state index contributed by atoms with van der Waals surface area (Å²) in [7, 11) is 0. The SMILES string of the molecule is CSCc1ccc(C(=O)Nc2ccc(F)cc2Cl)o1. The van der Waals surface area contributed by atoms with Crippen LogP contribution in [0.4, 0.5) is 10.1 Å². The Kier molecular flexibility index (Phi) is 4.50. The van der Waals surface area contributed by atoms with Crippen LogP contribution in [-0.2, 0) is 5.75 Å². The minimum Gasteiger partial charge on any atom is -0.455 e. The van der Waals surface area contributed by atoms with Crippen molar-refractivity contribution in [2.45, 2.75) is 5.75 Å². The molecule has 0 bridgehead atoms. The number of amides is 1. The quantitative estimate of drug-likeness (QED) is 0.920. The molecular weight excluding hydrogens is 289 g/mol. The molecule has 6 heteroatoms. The Morgan fingerprint density at radius 3 is 2.89 bits per heavy atom. The van der Waals surface area contributed by atoms with Crippen LogP contribution in [0.15, 0.2) is 34.7 Å². The highest BCUT2D eigenvalue weighted by atomic mass is 35.5. The monoisotopic (exact) mass is 299 g/mol. The van der Waals surface area contributed by atoms with Crippen LogP contribution in [0.25, 0.3) is 0 Å². The van der Waals surface area contributed by atoms with Gasteiger partial charge in [-0.15, -0.1) is 0 Å². The summed E-state index contributed by atoms with van der Waals surface area (Å²) < 4.78 is 18.2. The van der Waals surface area contributed by atoms with E-state index in [0.29, 0.717) is 11.4 Å². The summed E-state index contributed by atoms with van der Waals surface area (Å²) in [5, 5.41) is 2.71. The summed E-state index contributed by atoms with van der Waals surface area (Å²) in [6, 6.07) is 7.11. The van der Waals surface area contributed by atoms with Crippen molar-refractivity contribution in [1.82, 2.24) is 0 Å². The maximum atomic E-state index is 12.9. The molecule has 0 aliphatic carbocycles. The highest BCUT2D eigenvalue weighted by molar-refractivity contribution is 7.97. The first-order chi connectivity index (χ1) is 9.10. The lowest BCUT2D eigenvalue weighted by Gasteiger charge is -2.05. The van der Waals surface area contributed by atoms with Crippen molar-refractivity contribution in [1.29, 1.82) is 0 Å². The normalized spacial score (nSPS) is 10.5. The summed E-state index contributed by atoms with van der Waals surface area (Å²) in [6.45, 7) is 0. The van der Waals surface area contributed by atoms with Crippen LogP contribution in [-0.4, -0.2) is 12.2 Å². The highest BCUT2D eigenvalue weighted by Crippen LogP contribution is 2.23. The molecule has 19 heavy (non-hydrogen) atoms. The number of benzene rings is 1. The maximum absolute atomic E-state index is 12.9. The van der Waals surface area contributed by atoms with E-state index in [4.69, 9.17) is 16.0 Å². The molecule has 0 saturated heterocycles. The lowest BCUT2D eigenvalue weighted by Crippen LogP contribution is -2.11. The average molecular weight is 300 g/mol. The van der Waals surface area contributed by atoms with Crippen molar-refractivity contribution in [3.63, 3.8) is 0 Å². The van der Waals surface area contributed by atoms with E-state index in [9.17, 15) is 9.18 Å². The number of rotatable bonds is 4. The topological polar surface area (TPSA) is 42.2 Å². The Labute approximate surface area is 119 Å². The first kappa shape index (κ1) is 14.0. The molecule has 1 aromatic heterocycles. The molecule has 2 aromatic rings. The van der Waals surface area contributed by atoms with Gasteiger partial charge >= 0.3 is 0 Å². The third-order valence-corrected chi connectivity index (χ3v) is 3.24. The summed E-state index contributed by atoms with van der Waals surface area (Å²) in [5.41, 5.74) is 0.343. The predicted octanol–water partition coefficient (Wildman–Crippen LogP) is 4.19. The Morgan fingerprint density at radius 2 is 2.21 bits per heavy atom. The van der Waals surface area contributed by atoms with Gasteiger partial charge in [-0.25, -0.2) is 4.39 Å². The molecule has 1 N–H and O–H groups in total. The number of furan rings is 1. The molecule has 1 heterocycles. The Morgan fingerprint density at radius 1 is 1.42 bits per heavy atom. The largest absolute Gasteiger partial charge is 0.455 e. The van der Waals surface area contributed by atoms with E-state index in [1.165, 1.54) is 12.1 Å². The molecule has 0 saturated carbocycles. The molecule has 0 aliphatic heterocycles. The van der Waals surface area contributed by atoms with E-state index in [1.807, 2.05) is 6.26 Å². The van der Waals surface area contributed by atoms with Gasteiger partial charge in [0.25, 0.3) is 5.91 Å². The van der Waals surface area contributed by atoms with Gasteiger partial charge in [0.05, 0.1) is 16.5 Å². The number of anilines is 1. The van der Waals surface area contributed by atoms with Crippen molar-refractivity contribution in [3.05, 3.63) is 52.7 Å². The van der Waals surface area contributed by atoms with Crippen molar-refractivity contribution in [3.8, 4) is 0 Å². The van der Waals surface area contributed by atoms with Crippen molar-refractivity contribution in [2.24, 2.45) is 0 Å². The van der Waals surface area contributed by atoms with Crippen molar-refractivity contribution >= 4 is 35.0 Å². The second-order valence-electron chi connectivity index (χ2n) is 3.78. The zero-order valence-corrected chi connectivity index (χ0v) is 11.6. The van der Waals surface area contributed by atoms with Gasteiger partial charge in [0.1, 0.15) is 11.6 Å². The number of carbonyl (C=O) groups is 1. The molecule has 1 aromatic carbocycles. The minimum atomic E-state index is -0.455. The van der Waals surface area contributed by atoms with Crippen LogP contribution in [0.5, 0.6) is 0 Å². The summed E-state index contributed by atoms with van der Waals surface area (Å²) >= 11 is 7.43. The smallest absolute Gasteiger partial charge is 0.291 e. The molecule has 0 spiro atoms. The van der Waals surface area contributed by atoms with Gasteiger partial charge in [-0.1, -0.05) is 11.6 Å². The molecule has 1 amide bonds. The molecule has 0 fully saturated rings. The van der Waals surface area contributed by atoms with Gasteiger partial charge < -0.3 is 9.73 Å². The molecule has 100 valence electrons. The molecule has 3 nitrogen and oxygen atoms in total. The molecule has 2 rings (SSSR count). The fourth-order valence-corrected chi connectivity index (χ4v) is 2.15. The van der Waals surface area contributed by atoms with Crippen molar-refractivity contribution in [2.75, 3.05) is 11.6 Å². The van der Waals surface area contributed by atoms with E-state index >= 15 is 0 Å². The predicted molar refractivity (Wildman–Crippen MR) is 75.3 cm³/mol. The number of carbonyl (C=O) groups excluding carboxylic acids is 1. The maximum Gasteiger partial charge on any atom is 0.291 e. The van der Waals surface area contributed by atoms with Gasteiger partial charge in [0.2, 0.25) is 0 Å². The van der Waals surface area contributed by atoms with Crippen molar-refractivity contribution < 1.29 is 13.6 Å².